The number of aromatic nitrogens is 2. The second kappa shape index (κ2) is 5.00. The second-order valence-electron chi connectivity index (χ2n) is 5.26. The Morgan fingerprint density at radius 2 is 2.25 bits per heavy atom. The minimum Gasteiger partial charge on any atom is -0.384 e. The van der Waals surface area contributed by atoms with Crippen molar-refractivity contribution in [1.82, 2.24) is 9.78 Å². The summed E-state index contributed by atoms with van der Waals surface area (Å²) in [5.74, 6) is 0.630. The van der Waals surface area contributed by atoms with Crippen LogP contribution in [-0.4, -0.2) is 22.2 Å². The molecule has 1 aliphatic rings. The van der Waals surface area contributed by atoms with Gasteiger partial charge in [0.25, 0.3) is 5.91 Å². The molecular weight excluding hydrogens is 252 g/mol. The van der Waals surface area contributed by atoms with Crippen LogP contribution in [-0.2, 0) is 6.42 Å². The van der Waals surface area contributed by atoms with Crippen molar-refractivity contribution in [3.05, 3.63) is 41.6 Å². The van der Waals surface area contributed by atoms with E-state index in [1.807, 2.05) is 38.1 Å². The third-order valence-corrected chi connectivity index (χ3v) is 3.48. The largest absolute Gasteiger partial charge is 0.384 e. The SMILES string of the molecule is CC(C)n1nccc1NC(=O)c1ccc2c(c1)CCN2. The molecule has 1 aromatic heterocycles. The molecule has 2 N–H and O–H groups in total. The number of hydrogen-bond donors (Lipinski definition) is 2. The Morgan fingerprint density at radius 1 is 1.40 bits per heavy atom. The molecular formula is C15H18N4O. The highest BCUT2D eigenvalue weighted by Crippen LogP contribution is 2.23. The van der Waals surface area contributed by atoms with Crippen molar-refractivity contribution in [2.45, 2.75) is 26.3 Å². The summed E-state index contributed by atoms with van der Waals surface area (Å²) in [6.07, 6.45) is 2.67. The summed E-state index contributed by atoms with van der Waals surface area (Å²) in [5, 5.41) is 10.4. The lowest BCUT2D eigenvalue weighted by molar-refractivity contribution is 0.102. The van der Waals surface area contributed by atoms with E-state index in [1.165, 1.54) is 5.56 Å². The Kier molecular flexibility index (Phi) is 3.18. The number of amides is 1. The van der Waals surface area contributed by atoms with Gasteiger partial charge in [-0.2, -0.15) is 5.10 Å². The van der Waals surface area contributed by atoms with Crippen LogP contribution in [0.4, 0.5) is 11.5 Å². The fraction of sp³-hybridized carbons (Fsp3) is 0.333. The van der Waals surface area contributed by atoms with Crippen LogP contribution in [0.2, 0.25) is 0 Å². The molecule has 3 rings (SSSR count). The van der Waals surface area contributed by atoms with Crippen molar-refractivity contribution >= 4 is 17.4 Å². The van der Waals surface area contributed by atoms with Crippen LogP contribution in [0, 0.1) is 0 Å². The third kappa shape index (κ3) is 2.27. The van der Waals surface area contributed by atoms with Crippen LogP contribution < -0.4 is 10.6 Å². The number of nitrogens with zero attached hydrogens (tertiary/aromatic N) is 2. The van der Waals surface area contributed by atoms with Gasteiger partial charge in [0, 0.05) is 29.9 Å². The molecule has 0 radical (unpaired) electrons. The standard InChI is InChI=1S/C15H18N4O/c1-10(2)19-14(6-8-17-19)18-15(20)12-3-4-13-11(9-12)5-7-16-13/h3-4,6,8-10,16H,5,7H2,1-2H3,(H,18,20). The first kappa shape index (κ1) is 12.7. The van der Waals surface area contributed by atoms with Gasteiger partial charge in [-0.1, -0.05) is 0 Å². The van der Waals surface area contributed by atoms with E-state index in [4.69, 9.17) is 0 Å². The van der Waals surface area contributed by atoms with Gasteiger partial charge in [-0.15, -0.1) is 0 Å². The molecule has 0 bridgehead atoms. The molecule has 0 fully saturated rings. The first-order valence-corrected chi connectivity index (χ1v) is 6.87. The van der Waals surface area contributed by atoms with Crippen molar-refractivity contribution in [1.29, 1.82) is 0 Å². The first-order chi connectivity index (χ1) is 9.65. The predicted octanol–water partition coefficient (Wildman–Crippen LogP) is 2.68. The summed E-state index contributed by atoms with van der Waals surface area (Å²) < 4.78 is 1.80. The molecule has 0 spiro atoms. The number of hydrogen-bond acceptors (Lipinski definition) is 3. The van der Waals surface area contributed by atoms with Gasteiger partial charge in [-0.25, -0.2) is 4.68 Å². The first-order valence-electron chi connectivity index (χ1n) is 6.87. The van der Waals surface area contributed by atoms with Gasteiger partial charge in [0.15, 0.2) is 0 Å². The number of benzene rings is 1. The number of carbonyl (C=O) groups excluding carboxylic acids is 1. The highest BCUT2D eigenvalue weighted by atomic mass is 16.1. The quantitative estimate of drug-likeness (QED) is 0.901. The molecule has 2 aromatic rings. The van der Waals surface area contributed by atoms with Crippen molar-refractivity contribution in [3.8, 4) is 0 Å². The summed E-state index contributed by atoms with van der Waals surface area (Å²) in [4.78, 5) is 12.3. The average Bonchev–Trinajstić information content (AvgIpc) is 3.05. The molecule has 0 atom stereocenters. The van der Waals surface area contributed by atoms with Crippen molar-refractivity contribution in [2.24, 2.45) is 0 Å². The molecule has 0 saturated carbocycles. The maximum Gasteiger partial charge on any atom is 0.256 e. The third-order valence-electron chi connectivity index (χ3n) is 3.48. The second-order valence-corrected chi connectivity index (χ2v) is 5.26. The van der Waals surface area contributed by atoms with Gasteiger partial charge in [0.05, 0.1) is 6.20 Å². The van der Waals surface area contributed by atoms with Crippen LogP contribution in [0.25, 0.3) is 0 Å². The van der Waals surface area contributed by atoms with Gasteiger partial charge < -0.3 is 10.6 Å². The lowest BCUT2D eigenvalue weighted by Gasteiger charge is -2.12. The topological polar surface area (TPSA) is 59.0 Å². The molecule has 2 heterocycles. The average molecular weight is 270 g/mol. The Labute approximate surface area is 118 Å². The molecule has 0 aliphatic carbocycles. The Balaban J connectivity index is 1.81. The van der Waals surface area contributed by atoms with Gasteiger partial charge >= 0.3 is 0 Å². The molecule has 5 heteroatoms. The number of carbonyl (C=O) groups is 1. The maximum atomic E-state index is 12.3. The summed E-state index contributed by atoms with van der Waals surface area (Å²) >= 11 is 0. The van der Waals surface area contributed by atoms with Gasteiger partial charge in [0.1, 0.15) is 5.82 Å². The number of fused-ring (bicyclic) bond motifs is 1. The van der Waals surface area contributed by atoms with Crippen LogP contribution >= 0.6 is 0 Å². The van der Waals surface area contributed by atoms with Crippen LogP contribution in [0.1, 0.15) is 35.8 Å². The van der Waals surface area contributed by atoms with E-state index < -0.39 is 0 Å². The molecule has 1 aromatic carbocycles. The minimum atomic E-state index is -0.0953. The summed E-state index contributed by atoms with van der Waals surface area (Å²) in [6.45, 7) is 5.01. The molecule has 1 aliphatic heterocycles. The van der Waals surface area contributed by atoms with E-state index in [0.29, 0.717) is 5.56 Å². The van der Waals surface area contributed by atoms with Crippen molar-refractivity contribution in [2.75, 3.05) is 17.2 Å². The van der Waals surface area contributed by atoms with E-state index in [-0.39, 0.29) is 11.9 Å². The van der Waals surface area contributed by atoms with E-state index in [0.717, 1.165) is 24.5 Å². The number of nitrogens with one attached hydrogen (secondary N) is 2. The maximum absolute atomic E-state index is 12.3. The summed E-state index contributed by atoms with van der Waals surface area (Å²) in [5.41, 5.74) is 3.02. The minimum absolute atomic E-state index is 0.0953. The van der Waals surface area contributed by atoms with E-state index >= 15 is 0 Å². The monoisotopic (exact) mass is 270 g/mol. The summed E-state index contributed by atoms with van der Waals surface area (Å²) in [6, 6.07) is 7.80. The molecule has 5 nitrogen and oxygen atoms in total. The van der Waals surface area contributed by atoms with Gasteiger partial charge in [-0.3, -0.25) is 4.79 Å². The smallest absolute Gasteiger partial charge is 0.256 e. The zero-order valence-electron chi connectivity index (χ0n) is 11.7. The van der Waals surface area contributed by atoms with E-state index in [9.17, 15) is 4.79 Å². The number of rotatable bonds is 3. The lowest BCUT2D eigenvalue weighted by Crippen LogP contribution is -2.16. The van der Waals surface area contributed by atoms with Gasteiger partial charge in [0.2, 0.25) is 0 Å². The molecule has 0 unspecified atom stereocenters. The highest BCUT2D eigenvalue weighted by molar-refractivity contribution is 6.04. The lowest BCUT2D eigenvalue weighted by atomic mass is 10.1. The van der Waals surface area contributed by atoms with Crippen LogP contribution in [0.15, 0.2) is 30.5 Å². The zero-order chi connectivity index (χ0) is 14.1. The Hall–Kier alpha value is -2.30. The van der Waals surface area contributed by atoms with E-state index in [1.54, 1.807) is 10.9 Å². The normalized spacial score (nSPS) is 13.2. The highest BCUT2D eigenvalue weighted by Gasteiger charge is 2.15. The molecule has 20 heavy (non-hydrogen) atoms. The summed E-state index contributed by atoms with van der Waals surface area (Å²) in [7, 11) is 0. The van der Waals surface area contributed by atoms with Crippen molar-refractivity contribution in [3.63, 3.8) is 0 Å². The molecule has 0 saturated heterocycles. The van der Waals surface area contributed by atoms with Crippen molar-refractivity contribution < 1.29 is 4.79 Å². The van der Waals surface area contributed by atoms with Crippen LogP contribution in [0.5, 0.6) is 0 Å². The molecule has 1 amide bonds. The fourth-order valence-corrected chi connectivity index (χ4v) is 2.46. The van der Waals surface area contributed by atoms with Crippen LogP contribution in [0.3, 0.4) is 0 Å². The molecule has 104 valence electrons. The zero-order valence-corrected chi connectivity index (χ0v) is 11.7. The Morgan fingerprint density at radius 3 is 3.05 bits per heavy atom. The Bertz CT molecular complexity index is 645. The predicted molar refractivity (Wildman–Crippen MR) is 79.2 cm³/mol. The van der Waals surface area contributed by atoms with E-state index in [2.05, 4.69) is 15.7 Å². The van der Waals surface area contributed by atoms with Gasteiger partial charge in [-0.05, 0) is 44.0 Å². The number of anilines is 2. The fourth-order valence-electron chi connectivity index (χ4n) is 2.46.